The fraction of sp³-hybridized carbons (Fsp3) is 0.444. The van der Waals surface area contributed by atoms with E-state index in [4.69, 9.17) is 0 Å². The van der Waals surface area contributed by atoms with Crippen molar-refractivity contribution in [3.63, 3.8) is 0 Å². The third-order valence-electron chi connectivity index (χ3n) is 5.14. The van der Waals surface area contributed by atoms with E-state index in [-0.39, 0.29) is 5.82 Å². The van der Waals surface area contributed by atoms with Crippen LogP contribution in [0.15, 0.2) is 41.1 Å². The van der Waals surface area contributed by atoms with Crippen LogP contribution in [0.3, 0.4) is 0 Å². The summed E-state index contributed by atoms with van der Waals surface area (Å²) in [5.41, 5.74) is 1.33. The van der Waals surface area contributed by atoms with Crippen molar-refractivity contribution in [2.24, 2.45) is 5.92 Å². The molecule has 0 N–H and O–H groups in total. The zero-order chi connectivity index (χ0) is 16.5. The molecule has 126 valence electrons. The Bertz CT molecular complexity index is 708. The second kappa shape index (κ2) is 6.76. The molecule has 2 aliphatic heterocycles. The van der Waals surface area contributed by atoms with E-state index in [9.17, 15) is 4.39 Å². The summed E-state index contributed by atoms with van der Waals surface area (Å²) in [6, 6.07) is 9.04. The van der Waals surface area contributed by atoms with Crippen LogP contribution in [0, 0.1) is 11.7 Å². The number of fused-ring (bicyclic) bond motifs is 1. The van der Waals surface area contributed by atoms with E-state index in [0.29, 0.717) is 12.0 Å². The number of benzene rings is 1. The molecule has 2 unspecified atom stereocenters. The van der Waals surface area contributed by atoms with Crippen molar-refractivity contribution in [1.29, 1.82) is 0 Å². The Morgan fingerprint density at radius 3 is 2.75 bits per heavy atom. The zero-order valence-electron chi connectivity index (χ0n) is 13.4. The fourth-order valence-electron chi connectivity index (χ4n) is 3.94. The van der Waals surface area contributed by atoms with E-state index in [2.05, 4.69) is 60.0 Å². The zero-order valence-corrected chi connectivity index (χ0v) is 15.0. The van der Waals surface area contributed by atoms with E-state index in [0.717, 1.165) is 43.0 Å². The van der Waals surface area contributed by atoms with E-state index in [1.165, 1.54) is 24.4 Å². The molecule has 0 spiro atoms. The van der Waals surface area contributed by atoms with Crippen molar-refractivity contribution in [1.82, 2.24) is 14.9 Å². The van der Waals surface area contributed by atoms with Gasteiger partial charge in [0, 0.05) is 30.1 Å². The molecular formula is C18H20BrFN4. The minimum absolute atomic E-state index is 0.384. The smallest absolute Gasteiger partial charge is 0.225 e. The van der Waals surface area contributed by atoms with Gasteiger partial charge in [0.1, 0.15) is 0 Å². The molecule has 1 aromatic carbocycles. The van der Waals surface area contributed by atoms with Crippen molar-refractivity contribution in [2.75, 3.05) is 24.5 Å². The lowest BCUT2D eigenvalue weighted by Crippen LogP contribution is -2.48. The van der Waals surface area contributed by atoms with E-state index >= 15 is 0 Å². The van der Waals surface area contributed by atoms with Gasteiger partial charge in [0.25, 0.3) is 0 Å². The molecular weight excluding hydrogens is 371 g/mol. The van der Waals surface area contributed by atoms with Crippen LogP contribution in [-0.4, -0.2) is 40.5 Å². The SMILES string of the molecule is Fc1cnc(N2CCC3CCN(Cc4cccc(Br)c4)C3C2)nc1. The van der Waals surface area contributed by atoms with Gasteiger partial charge >= 0.3 is 0 Å². The third kappa shape index (κ3) is 3.30. The van der Waals surface area contributed by atoms with Gasteiger partial charge in [-0.2, -0.15) is 0 Å². The lowest BCUT2D eigenvalue weighted by atomic mass is 9.92. The Kier molecular flexibility index (Phi) is 4.50. The van der Waals surface area contributed by atoms with Gasteiger partial charge in [-0.3, -0.25) is 4.90 Å². The number of nitrogens with zero attached hydrogens (tertiary/aromatic N) is 4. The van der Waals surface area contributed by atoms with Gasteiger partial charge in [0.05, 0.1) is 12.4 Å². The normalized spacial score (nSPS) is 24.2. The summed E-state index contributed by atoms with van der Waals surface area (Å²) in [5, 5.41) is 0. The molecule has 4 nitrogen and oxygen atoms in total. The van der Waals surface area contributed by atoms with E-state index < -0.39 is 0 Å². The highest BCUT2D eigenvalue weighted by Gasteiger charge is 2.38. The number of aromatic nitrogens is 2. The van der Waals surface area contributed by atoms with Gasteiger partial charge in [-0.25, -0.2) is 14.4 Å². The molecule has 4 rings (SSSR count). The van der Waals surface area contributed by atoms with Crippen LogP contribution >= 0.6 is 15.9 Å². The topological polar surface area (TPSA) is 32.3 Å². The monoisotopic (exact) mass is 390 g/mol. The molecule has 0 bridgehead atoms. The average molecular weight is 391 g/mol. The largest absolute Gasteiger partial charge is 0.339 e. The predicted molar refractivity (Wildman–Crippen MR) is 95.3 cm³/mol. The maximum absolute atomic E-state index is 13.1. The molecule has 24 heavy (non-hydrogen) atoms. The maximum Gasteiger partial charge on any atom is 0.225 e. The summed E-state index contributed by atoms with van der Waals surface area (Å²) in [7, 11) is 0. The van der Waals surface area contributed by atoms with Crippen molar-refractivity contribution in [2.45, 2.75) is 25.4 Å². The van der Waals surface area contributed by atoms with Crippen LogP contribution in [0.2, 0.25) is 0 Å². The van der Waals surface area contributed by atoms with Crippen LogP contribution in [0.25, 0.3) is 0 Å². The van der Waals surface area contributed by atoms with Gasteiger partial charge in [-0.05, 0) is 43.0 Å². The Morgan fingerprint density at radius 1 is 1.17 bits per heavy atom. The molecule has 0 aliphatic carbocycles. The summed E-state index contributed by atoms with van der Waals surface area (Å²) in [4.78, 5) is 13.1. The number of halogens is 2. The standard InChI is InChI=1S/C18H20BrFN4/c19-15-3-1-2-13(8-15)11-23-6-4-14-5-7-24(12-17(14)23)18-21-9-16(20)10-22-18/h1-3,8-10,14,17H,4-7,11-12H2. The van der Waals surface area contributed by atoms with Crippen LogP contribution in [0.4, 0.5) is 10.3 Å². The third-order valence-corrected chi connectivity index (χ3v) is 5.64. The summed E-state index contributed by atoms with van der Waals surface area (Å²) in [6.07, 6.45) is 4.92. The minimum Gasteiger partial charge on any atom is -0.339 e. The number of piperidine rings is 1. The minimum atomic E-state index is -0.384. The molecule has 6 heteroatoms. The number of anilines is 1. The van der Waals surface area contributed by atoms with Gasteiger partial charge in [-0.15, -0.1) is 0 Å². The molecule has 3 heterocycles. The Balaban J connectivity index is 1.48. The summed E-state index contributed by atoms with van der Waals surface area (Å²) >= 11 is 3.55. The molecule has 2 atom stereocenters. The second-order valence-electron chi connectivity index (χ2n) is 6.65. The van der Waals surface area contributed by atoms with E-state index in [1.54, 1.807) is 0 Å². The number of likely N-dealkylation sites (tertiary alicyclic amines) is 1. The highest BCUT2D eigenvalue weighted by atomic mass is 79.9. The first-order valence-electron chi connectivity index (χ1n) is 8.40. The molecule has 2 fully saturated rings. The van der Waals surface area contributed by atoms with Gasteiger partial charge in [-0.1, -0.05) is 28.1 Å². The van der Waals surface area contributed by atoms with Crippen molar-refractivity contribution < 1.29 is 4.39 Å². The molecule has 0 saturated carbocycles. The fourth-order valence-corrected chi connectivity index (χ4v) is 4.39. The summed E-state index contributed by atoms with van der Waals surface area (Å²) in [5.74, 6) is 1.00. The van der Waals surface area contributed by atoms with Gasteiger partial charge in [0.2, 0.25) is 5.95 Å². The molecule has 0 radical (unpaired) electrons. The maximum atomic E-state index is 13.1. The summed E-state index contributed by atoms with van der Waals surface area (Å²) in [6.45, 7) is 3.99. The lowest BCUT2D eigenvalue weighted by Gasteiger charge is -2.38. The first-order valence-corrected chi connectivity index (χ1v) is 9.19. The van der Waals surface area contributed by atoms with Crippen molar-refractivity contribution >= 4 is 21.9 Å². The van der Waals surface area contributed by atoms with Crippen LogP contribution in [0.1, 0.15) is 18.4 Å². The van der Waals surface area contributed by atoms with Crippen LogP contribution in [0.5, 0.6) is 0 Å². The second-order valence-corrected chi connectivity index (χ2v) is 7.57. The number of rotatable bonds is 3. The van der Waals surface area contributed by atoms with Gasteiger partial charge < -0.3 is 4.90 Å². The molecule has 0 amide bonds. The predicted octanol–water partition coefficient (Wildman–Crippen LogP) is 3.48. The highest BCUT2D eigenvalue weighted by Crippen LogP contribution is 2.33. The number of hydrogen-bond acceptors (Lipinski definition) is 4. The Labute approximate surface area is 149 Å². The quantitative estimate of drug-likeness (QED) is 0.802. The molecule has 1 aromatic heterocycles. The Hall–Kier alpha value is -1.53. The lowest BCUT2D eigenvalue weighted by molar-refractivity contribution is 0.200. The van der Waals surface area contributed by atoms with E-state index in [1.807, 2.05) is 0 Å². The number of hydrogen-bond donors (Lipinski definition) is 0. The summed E-state index contributed by atoms with van der Waals surface area (Å²) < 4.78 is 14.2. The van der Waals surface area contributed by atoms with Crippen LogP contribution in [-0.2, 0) is 6.54 Å². The first kappa shape index (κ1) is 16.0. The highest BCUT2D eigenvalue weighted by molar-refractivity contribution is 9.10. The Morgan fingerprint density at radius 2 is 1.96 bits per heavy atom. The average Bonchev–Trinajstić information content (AvgIpc) is 2.98. The van der Waals surface area contributed by atoms with Crippen molar-refractivity contribution in [3.8, 4) is 0 Å². The molecule has 2 aromatic rings. The van der Waals surface area contributed by atoms with Crippen molar-refractivity contribution in [3.05, 3.63) is 52.5 Å². The first-order chi connectivity index (χ1) is 11.7. The van der Waals surface area contributed by atoms with Crippen LogP contribution < -0.4 is 4.90 Å². The molecule has 2 aliphatic rings. The van der Waals surface area contributed by atoms with Gasteiger partial charge in [0.15, 0.2) is 5.82 Å². The molecule has 2 saturated heterocycles.